The average molecular weight is 430 g/mol. The molecule has 170 valence electrons. The Hall–Kier alpha value is -2.45. The number of nitrogens with zero attached hydrogens (tertiary/aromatic N) is 4. The average Bonchev–Trinajstić information content (AvgIpc) is 3.22. The van der Waals surface area contributed by atoms with Crippen molar-refractivity contribution in [3.63, 3.8) is 0 Å². The third-order valence-electron chi connectivity index (χ3n) is 5.65. The number of rotatable bonds is 9. The lowest BCUT2D eigenvalue weighted by atomic mass is 9.96. The van der Waals surface area contributed by atoms with Crippen molar-refractivity contribution in [1.82, 2.24) is 25.3 Å². The summed E-state index contributed by atoms with van der Waals surface area (Å²) in [4.78, 5) is 21.7. The number of carbonyl (C=O) groups is 1. The van der Waals surface area contributed by atoms with Crippen molar-refractivity contribution in [1.29, 1.82) is 0 Å². The number of ether oxygens (including phenoxy) is 1. The Bertz CT molecular complexity index is 826. The van der Waals surface area contributed by atoms with Crippen LogP contribution in [0.15, 0.2) is 28.8 Å². The molecule has 1 aliphatic rings. The fourth-order valence-electron chi connectivity index (χ4n) is 3.73. The molecule has 2 aromatic rings. The van der Waals surface area contributed by atoms with Crippen molar-refractivity contribution < 1.29 is 14.1 Å². The molecule has 1 N–H and O–H groups in total. The molecule has 1 saturated heterocycles. The van der Waals surface area contributed by atoms with Crippen molar-refractivity contribution in [2.75, 3.05) is 39.8 Å². The minimum absolute atomic E-state index is 0.0209. The Labute approximate surface area is 184 Å². The number of amides is 1. The molecule has 1 aromatic carbocycles. The van der Waals surface area contributed by atoms with Crippen molar-refractivity contribution >= 4 is 5.91 Å². The van der Waals surface area contributed by atoms with E-state index in [9.17, 15) is 4.79 Å². The predicted octanol–water partition coefficient (Wildman–Crippen LogP) is 2.83. The fraction of sp³-hybridized carbons (Fsp3) is 0.609. The lowest BCUT2D eigenvalue weighted by molar-refractivity contribution is -0.123. The molecule has 0 radical (unpaired) electrons. The summed E-state index contributed by atoms with van der Waals surface area (Å²) in [7, 11) is 1.65. The smallest absolute Gasteiger partial charge is 0.240 e. The third-order valence-corrected chi connectivity index (χ3v) is 5.65. The summed E-state index contributed by atoms with van der Waals surface area (Å²) in [6.07, 6.45) is 0. The number of methoxy groups -OCH3 is 1. The predicted molar refractivity (Wildman–Crippen MR) is 119 cm³/mol. The molecule has 1 amide bonds. The SMILES string of the molecule is COc1ccc(C(NC(=O)CN2CCN(Cc3nc(C(C)C)no3)CC2)C(C)C)cc1. The lowest BCUT2D eigenvalue weighted by Crippen LogP contribution is -2.49. The summed E-state index contributed by atoms with van der Waals surface area (Å²) in [6.45, 7) is 12.8. The minimum Gasteiger partial charge on any atom is -0.497 e. The molecule has 1 fully saturated rings. The monoisotopic (exact) mass is 429 g/mol. The zero-order chi connectivity index (χ0) is 22.4. The van der Waals surface area contributed by atoms with Crippen LogP contribution in [0.25, 0.3) is 0 Å². The van der Waals surface area contributed by atoms with Crippen LogP contribution in [0.2, 0.25) is 0 Å². The molecule has 0 bridgehead atoms. The highest BCUT2D eigenvalue weighted by Gasteiger charge is 2.23. The second-order valence-electron chi connectivity index (χ2n) is 8.82. The van der Waals surface area contributed by atoms with Crippen LogP contribution in [-0.2, 0) is 11.3 Å². The van der Waals surface area contributed by atoms with Gasteiger partial charge in [0, 0.05) is 32.1 Å². The molecule has 0 spiro atoms. The maximum atomic E-state index is 12.7. The molecule has 1 aromatic heterocycles. The van der Waals surface area contributed by atoms with Crippen molar-refractivity contribution in [2.45, 2.75) is 46.2 Å². The number of nitrogens with one attached hydrogen (secondary N) is 1. The molecule has 8 heteroatoms. The number of carbonyl (C=O) groups excluding carboxylic acids is 1. The standard InChI is InChI=1S/C23H35N5O3/c1-16(2)22(18-6-8-19(30-5)9-7-18)24-20(29)14-27-10-12-28(13-11-27)15-21-25-23(17(3)4)26-31-21/h6-9,16-17,22H,10-15H2,1-5H3,(H,24,29). The van der Waals surface area contributed by atoms with E-state index in [-0.39, 0.29) is 17.9 Å². The van der Waals surface area contributed by atoms with Gasteiger partial charge in [-0.2, -0.15) is 4.98 Å². The second kappa shape index (κ2) is 10.7. The number of piperazine rings is 1. The van der Waals surface area contributed by atoms with Gasteiger partial charge in [-0.25, -0.2) is 0 Å². The first-order valence-corrected chi connectivity index (χ1v) is 11.1. The van der Waals surface area contributed by atoms with Gasteiger partial charge in [0.2, 0.25) is 11.8 Å². The highest BCUT2D eigenvalue weighted by atomic mass is 16.5. The van der Waals surface area contributed by atoms with Gasteiger partial charge in [0.15, 0.2) is 5.82 Å². The van der Waals surface area contributed by atoms with E-state index in [1.54, 1.807) is 7.11 Å². The summed E-state index contributed by atoms with van der Waals surface area (Å²) >= 11 is 0. The Morgan fingerprint density at radius 3 is 2.29 bits per heavy atom. The van der Waals surface area contributed by atoms with E-state index in [1.165, 1.54) is 0 Å². The molecule has 2 heterocycles. The van der Waals surface area contributed by atoms with Crippen LogP contribution >= 0.6 is 0 Å². The maximum absolute atomic E-state index is 12.7. The van der Waals surface area contributed by atoms with Gasteiger partial charge in [0.25, 0.3) is 0 Å². The Morgan fingerprint density at radius 2 is 1.74 bits per heavy atom. The van der Waals surface area contributed by atoms with E-state index in [1.807, 2.05) is 24.3 Å². The van der Waals surface area contributed by atoms with Gasteiger partial charge >= 0.3 is 0 Å². The van der Waals surface area contributed by atoms with Gasteiger partial charge in [0.05, 0.1) is 26.2 Å². The van der Waals surface area contributed by atoms with Gasteiger partial charge < -0.3 is 14.6 Å². The third kappa shape index (κ3) is 6.51. The van der Waals surface area contributed by atoms with Crippen LogP contribution in [0.5, 0.6) is 5.75 Å². The van der Waals surface area contributed by atoms with Crippen LogP contribution in [0, 0.1) is 5.92 Å². The van der Waals surface area contributed by atoms with Gasteiger partial charge in [0.1, 0.15) is 5.75 Å². The first-order valence-electron chi connectivity index (χ1n) is 11.1. The summed E-state index contributed by atoms with van der Waals surface area (Å²) in [5.41, 5.74) is 1.09. The second-order valence-corrected chi connectivity index (χ2v) is 8.82. The first-order chi connectivity index (χ1) is 14.9. The van der Waals surface area contributed by atoms with E-state index in [0.29, 0.717) is 24.9 Å². The summed E-state index contributed by atoms with van der Waals surface area (Å²) in [6, 6.07) is 7.88. The topological polar surface area (TPSA) is 83.7 Å². The Kier molecular flexibility index (Phi) is 8.03. The van der Waals surface area contributed by atoms with E-state index in [4.69, 9.17) is 9.26 Å². The van der Waals surface area contributed by atoms with Crippen LogP contribution < -0.4 is 10.1 Å². The summed E-state index contributed by atoms with van der Waals surface area (Å²) in [5, 5.41) is 7.24. The Morgan fingerprint density at radius 1 is 1.10 bits per heavy atom. The van der Waals surface area contributed by atoms with Crippen molar-refractivity contribution in [2.24, 2.45) is 5.92 Å². The molecule has 31 heavy (non-hydrogen) atoms. The summed E-state index contributed by atoms with van der Waals surface area (Å²) < 4.78 is 10.6. The van der Waals surface area contributed by atoms with Gasteiger partial charge in [-0.3, -0.25) is 14.6 Å². The molecule has 3 rings (SSSR count). The van der Waals surface area contributed by atoms with Gasteiger partial charge in [-0.15, -0.1) is 0 Å². The fourth-order valence-corrected chi connectivity index (χ4v) is 3.73. The van der Waals surface area contributed by atoms with E-state index >= 15 is 0 Å². The van der Waals surface area contributed by atoms with E-state index < -0.39 is 0 Å². The maximum Gasteiger partial charge on any atom is 0.240 e. The van der Waals surface area contributed by atoms with Crippen molar-refractivity contribution in [3.05, 3.63) is 41.5 Å². The molecular formula is C23H35N5O3. The van der Waals surface area contributed by atoms with Gasteiger partial charge in [-0.1, -0.05) is 45.0 Å². The number of hydrogen-bond acceptors (Lipinski definition) is 7. The van der Waals surface area contributed by atoms with Crippen LogP contribution in [0.4, 0.5) is 0 Å². The highest BCUT2D eigenvalue weighted by Crippen LogP contribution is 2.24. The number of aromatic nitrogens is 2. The van der Waals surface area contributed by atoms with E-state index in [0.717, 1.165) is 43.3 Å². The van der Waals surface area contributed by atoms with Crippen LogP contribution in [0.1, 0.15) is 56.9 Å². The largest absolute Gasteiger partial charge is 0.497 e. The molecule has 1 atom stereocenters. The first kappa shape index (κ1) is 23.2. The van der Waals surface area contributed by atoms with Crippen LogP contribution in [0.3, 0.4) is 0 Å². The molecule has 8 nitrogen and oxygen atoms in total. The quantitative estimate of drug-likeness (QED) is 0.656. The van der Waals surface area contributed by atoms with Crippen LogP contribution in [-0.4, -0.2) is 65.7 Å². The summed E-state index contributed by atoms with van der Waals surface area (Å²) in [5.74, 6) is 2.84. The lowest BCUT2D eigenvalue weighted by Gasteiger charge is -2.34. The number of hydrogen-bond donors (Lipinski definition) is 1. The van der Waals surface area contributed by atoms with Crippen molar-refractivity contribution in [3.8, 4) is 5.75 Å². The normalized spacial score (nSPS) is 16.6. The molecular weight excluding hydrogens is 394 g/mol. The minimum atomic E-state index is -0.0209. The van der Waals surface area contributed by atoms with Gasteiger partial charge in [-0.05, 0) is 23.6 Å². The molecule has 1 aliphatic heterocycles. The highest BCUT2D eigenvalue weighted by molar-refractivity contribution is 5.78. The molecule has 0 saturated carbocycles. The number of benzene rings is 1. The molecule has 0 aliphatic carbocycles. The molecule has 1 unspecified atom stereocenters. The Balaban J connectivity index is 1.46. The zero-order valence-electron chi connectivity index (χ0n) is 19.3. The van der Waals surface area contributed by atoms with E-state index in [2.05, 4.69) is 53.0 Å². The zero-order valence-corrected chi connectivity index (χ0v) is 19.3.